The van der Waals surface area contributed by atoms with E-state index in [1.54, 1.807) is 24.3 Å². The molecule has 0 unspecified atom stereocenters. The molecule has 7 heteroatoms. The van der Waals surface area contributed by atoms with E-state index in [1.165, 1.54) is 12.1 Å². The Hall–Kier alpha value is -2.96. The second-order valence-electron chi connectivity index (χ2n) is 6.37. The number of amides is 1. The van der Waals surface area contributed by atoms with Crippen molar-refractivity contribution in [2.24, 2.45) is 5.92 Å². The van der Waals surface area contributed by atoms with Crippen LogP contribution in [-0.2, 0) is 22.2 Å². The van der Waals surface area contributed by atoms with Gasteiger partial charge in [0.2, 0.25) is 5.91 Å². The maximum absolute atomic E-state index is 12.7. The molecule has 1 amide bonds. The van der Waals surface area contributed by atoms with Crippen LogP contribution in [0.2, 0.25) is 0 Å². The summed E-state index contributed by atoms with van der Waals surface area (Å²) in [5, 5.41) is 2.35. The van der Waals surface area contributed by atoms with E-state index >= 15 is 0 Å². The Morgan fingerprint density at radius 2 is 1.78 bits per heavy atom. The van der Waals surface area contributed by atoms with Crippen molar-refractivity contribution in [1.29, 1.82) is 0 Å². The zero-order valence-electron chi connectivity index (χ0n) is 14.2. The van der Waals surface area contributed by atoms with Crippen molar-refractivity contribution in [2.75, 3.05) is 5.32 Å². The van der Waals surface area contributed by atoms with Gasteiger partial charge in [-0.2, -0.15) is 13.2 Å². The van der Waals surface area contributed by atoms with E-state index in [2.05, 4.69) is 5.32 Å². The maximum Gasteiger partial charge on any atom is 0.416 e. The molecule has 2 aromatic rings. The second kappa shape index (κ2) is 7.34. The predicted molar refractivity (Wildman–Crippen MR) is 92.3 cm³/mol. The number of rotatable bonds is 5. The van der Waals surface area contributed by atoms with Crippen LogP contribution in [0.1, 0.15) is 34.3 Å². The van der Waals surface area contributed by atoms with Crippen molar-refractivity contribution in [3.8, 4) is 0 Å². The molecule has 140 valence electrons. The van der Waals surface area contributed by atoms with Crippen LogP contribution in [0, 0.1) is 5.92 Å². The van der Waals surface area contributed by atoms with Crippen LogP contribution in [0.4, 0.5) is 18.9 Å². The average Bonchev–Trinajstić information content (AvgIpc) is 2.96. The summed E-state index contributed by atoms with van der Waals surface area (Å²) in [7, 11) is 0. The number of Topliss-reactive ketones (excluding diaryl/α,β-unsaturated/α-hetero) is 2. The summed E-state index contributed by atoms with van der Waals surface area (Å²) in [6.45, 7) is 0. The van der Waals surface area contributed by atoms with Gasteiger partial charge in [-0.1, -0.05) is 30.3 Å². The molecule has 0 heterocycles. The maximum atomic E-state index is 12.7. The molecule has 1 aliphatic carbocycles. The number of hydrogen-bond donors (Lipinski definition) is 1. The lowest BCUT2D eigenvalue weighted by Crippen LogP contribution is -2.22. The minimum absolute atomic E-state index is 0.00613. The molecule has 27 heavy (non-hydrogen) atoms. The van der Waals surface area contributed by atoms with Crippen LogP contribution in [-0.4, -0.2) is 17.5 Å². The van der Waals surface area contributed by atoms with Crippen LogP contribution in [0.3, 0.4) is 0 Å². The van der Waals surface area contributed by atoms with E-state index in [9.17, 15) is 27.6 Å². The molecular weight excluding hydrogens is 359 g/mol. The quantitative estimate of drug-likeness (QED) is 0.802. The third-order valence-corrected chi connectivity index (χ3v) is 4.48. The van der Waals surface area contributed by atoms with Crippen LogP contribution in [0.15, 0.2) is 48.5 Å². The minimum Gasteiger partial charge on any atom is -0.326 e. The van der Waals surface area contributed by atoms with Gasteiger partial charge in [-0.3, -0.25) is 14.4 Å². The van der Waals surface area contributed by atoms with Gasteiger partial charge in [-0.25, -0.2) is 0 Å². The Labute approximate surface area is 153 Å². The van der Waals surface area contributed by atoms with Crippen molar-refractivity contribution in [1.82, 2.24) is 0 Å². The number of carbonyl (C=O) groups excluding carboxylic acids is 3. The van der Waals surface area contributed by atoms with Gasteiger partial charge in [0.05, 0.1) is 11.5 Å². The van der Waals surface area contributed by atoms with Gasteiger partial charge in [-0.05, 0) is 30.2 Å². The summed E-state index contributed by atoms with van der Waals surface area (Å²) < 4.78 is 38.1. The monoisotopic (exact) mass is 375 g/mol. The molecule has 0 fully saturated rings. The van der Waals surface area contributed by atoms with Crippen molar-refractivity contribution >= 4 is 23.2 Å². The second-order valence-corrected chi connectivity index (χ2v) is 6.37. The Kier molecular flexibility index (Phi) is 5.12. The summed E-state index contributed by atoms with van der Waals surface area (Å²) in [4.78, 5) is 36.6. The fourth-order valence-electron chi connectivity index (χ4n) is 3.11. The Morgan fingerprint density at radius 3 is 2.48 bits per heavy atom. The number of alkyl halides is 3. The van der Waals surface area contributed by atoms with Gasteiger partial charge in [-0.15, -0.1) is 0 Å². The molecule has 0 aliphatic heterocycles. The number of benzene rings is 2. The predicted octanol–water partition coefficient (Wildman–Crippen LogP) is 4.05. The third kappa shape index (κ3) is 4.24. The van der Waals surface area contributed by atoms with E-state index in [4.69, 9.17) is 0 Å². The van der Waals surface area contributed by atoms with Crippen molar-refractivity contribution in [2.45, 2.75) is 25.4 Å². The van der Waals surface area contributed by atoms with Crippen molar-refractivity contribution in [3.05, 3.63) is 65.2 Å². The van der Waals surface area contributed by atoms with Gasteiger partial charge < -0.3 is 5.32 Å². The van der Waals surface area contributed by atoms with E-state index in [-0.39, 0.29) is 30.1 Å². The molecule has 1 atom stereocenters. The summed E-state index contributed by atoms with van der Waals surface area (Å²) in [6, 6.07) is 11.3. The van der Waals surface area contributed by atoms with Crippen LogP contribution in [0.5, 0.6) is 0 Å². The standard InChI is InChI=1S/C20H16F3NO3/c21-20(22,23)13-5-3-6-14(11-13)24-18(26)9-8-17(25)16-10-12-4-1-2-7-15(12)19(16)27/h1-7,11,16H,8-10H2,(H,24,26)/t16-/m0/s1. The van der Waals surface area contributed by atoms with Crippen molar-refractivity contribution in [3.63, 3.8) is 0 Å². The van der Waals surface area contributed by atoms with E-state index in [0.29, 0.717) is 12.0 Å². The van der Waals surface area contributed by atoms with Gasteiger partial charge >= 0.3 is 6.18 Å². The minimum atomic E-state index is -4.51. The zero-order valence-corrected chi connectivity index (χ0v) is 14.2. The molecular formula is C20H16F3NO3. The van der Waals surface area contributed by atoms with Gasteiger partial charge in [0.25, 0.3) is 0 Å². The highest BCUT2D eigenvalue weighted by Gasteiger charge is 2.35. The fraction of sp³-hybridized carbons (Fsp3) is 0.250. The Bertz CT molecular complexity index is 905. The first-order valence-corrected chi connectivity index (χ1v) is 8.37. The topological polar surface area (TPSA) is 63.2 Å². The average molecular weight is 375 g/mol. The number of fused-ring (bicyclic) bond motifs is 1. The molecule has 0 spiro atoms. The largest absolute Gasteiger partial charge is 0.416 e. The first-order chi connectivity index (χ1) is 12.8. The zero-order chi connectivity index (χ0) is 19.6. The summed E-state index contributed by atoms with van der Waals surface area (Å²) in [5.41, 5.74) is 0.482. The van der Waals surface area contributed by atoms with Gasteiger partial charge in [0.15, 0.2) is 5.78 Å². The van der Waals surface area contributed by atoms with Crippen LogP contribution >= 0.6 is 0 Å². The lowest BCUT2D eigenvalue weighted by Gasteiger charge is -2.10. The number of anilines is 1. The van der Waals surface area contributed by atoms with Gasteiger partial charge in [0.1, 0.15) is 5.78 Å². The molecule has 0 saturated carbocycles. The molecule has 1 aliphatic rings. The third-order valence-electron chi connectivity index (χ3n) is 4.48. The number of ketones is 2. The molecule has 2 aromatic carbocycles. The SMILES string of the molecule is O=C(CCC(=O)[C@@H]1Cc2ccccc2C1=O)Nc1cccc(C(F)(F)F)c1. The first kappa shape index (κ1) is 18.8. The molecule has 3 rings (SSSR count). The highest BCUT2D eigenvalue weighted by molar-refractivity contribution is 6.14. The molecule has 0 bridgehead atoms. The van der Waals surface area contributed by atoms with Crippen LogP contribution in [0.25, 0.3) is 0 Å². The number of nitrogens with one attached hydrogen (secondary N) is 1. The molecule has 0 aromatic heterocycles. The normalized spacial score (nSPS) is 16.1. The van der Waals surface area contributed by atoms with Crippen molar-refractivity contribution < 1.29 is 27.6 Å². The summed E-state index contributed by atoms with van der Waals surface area (Å²) in [5.74, 6) is -1.95. The summed E-state index contributed by atoms with van der Waals surface area (Å²) in [6.07, 6.45) is -4.53. The fourth-order valence-corrected chi connectivity index (χ4v) is 3.11. The molecule has 0 saturated heterocycles. The Balaban J connectivity index is 1.56. The molecule has 0 radical (unpaired) electrons. The summed E-state index contributed by atoms with van der Waals surface area (Å²) >= 11 is 0. The number of carbonyl (C=O) groups is 3. The molecule has 1 N–H and O–H groups in total. The van der Waals surface area contributed by atoms with E-state index < -0.39 is 23.6 Å². The number of hydrogen-bond acceptors (Lipinski definition) is 3. The first-order valence-electron chi connectivity index (χ1n) is 8.37. The van der Waals surface area contributed by atoms with E-state index in [1.807, 2.05) is 0 Å². The van der Waals surface area contributed by atoms with E-state index in [0.717, 1.165) is 17.7 Å². The number of halogens is 3. The highest BCUT2D eigenvalue weighted by atomic mass is 19.4. The lowest BCUT2D eigenvalue weighted by molar-refractivity contribution is -0.137. The highest BCUT2D eigenvalue weighted by Crippen LogP contribution is 2.31. The smallest absolute Gasteiger partial charge is 0.326 e. The Morgan fingerprint density at radius 1 is 1.04 bits per heavy atom. The lowest BCUT2D eigenvalue weighted by atomic mass is 9.96. The molecule has 4 nitrogen and oxygen atoms in total. The van der Waals surface area contributed by atoms with Crippen LogP contribution < -0.4 is 5.32 Å². The van der Waals surface area contributed by atoms with Gasteiger partial charge in [0, 0.05) is 24.1 Å².